The maximum atomic E-state index is 13.8. The smallest absolute Gasteiger partial charge is 0.341 e. The van der Waals surface area contributed by atoms with Gasteiger partial charge in [-0.2, -0.15) is 9.13 Å². The molecule has 0 aliphatic rings. The van der Waals surface area contributed by atoms with Gasteiger partial charge in [-0.05, 0) is 49.9 Å². The largest absolute Gasteiger partial charge is 0.431 e. The van der Waals surface area contributed by atoms with Crippen molar-refractivity contribution in [1.29, 1.82) is 0 Å². The predicted octanol–water partition coefficient (Wildman–Crippen LogP) is 8.14. The Labute approximate surface area is 313 Å². The van der Waals surface area contributed by atoms with Gasteiger partial charge in [0.15, 0.2) is 5.69 Å². The number of para-hydroxylation sites is 2. The van der Waals surface area contributed by atoms with Gasteiger partial charge in [0.05, 0.1) is 30.3 Å². The molecule has 2 amide bonds. The van der Waals surface area contributed by atoms with E-state index in [9.17, 15) is 19.7 Å². The van der Waals surface area contributed by atoms with Crippen molar-refractivity contribution in [3.63, 3.8) is 0 Å². The Morgan fingerprint density at radius 1 is 0.774 bits per heavy atom. The molecule has 4 rings (SSSR count). The van der Waals surface area contributed by atoms with Crippen LogP contribution >= 0.6 is 0 Å². The Bertz CT molecular complexity index is 1670. The summed E-state index contributed by atoms with van der Waals surface area (Å²) in [5.74, 6) is 0.278. The van der Waals surface area contributed by atoms with Crippen LogP contribution in [0.25, 0.3) is 11.4 Å². The maximum Gasteiger partial charge on any atom is 0.431 e. The van der Waals surface area contributed by atoms with Gasteiger partial charge in [-0.3, -0.25) is 19.7 Å². The summed E-state index contributed by atoms with van der Waals surface area (Å²) in [6, 6.07) is 20.5. The van der Waals surface area contributed by atoms with E-state index in [1.54, 1.807) is 4.90 Å². The number of carbonyl (C=O) groups excluding carboxylic acids is 2. The quantitative estimate of drug-likeness (QED) is 0.0348. The van der Waals surface area contributed by atoms with Gasteiger partial charge in [0.25, 0.3) is 0 Å². The molecule has 2 aromatic heterocycles. The highest BCUT2D eigenvalue weighted by Crippen LogP contribution is 2.32. The fourth-order valence-corrected chi connectivity index (χ4v) is 5.84. The van der Waals surface area contributed by atoms with Crippen LogP contribution in [0.5, 0.6) is 0 Å². The summed E-state index contributed by atoms with van der Waals surface area (Å²) in [6.07, 6.45) is 12.2. The molecule has 0 saturated heterocycles. The molecular formula is C40H54N9O4+. The molecule has 0 atom stereocenters. The Kier molecular flexibility index (Phi) is 16.1. The van der Waals surface area contributed by atoms with Gasteiger partial charge in [-0.15, -0.1) is 0 Å². The van der Waals surface area contributed by atoms with Crippen molar-refractivity contribution in [3.05, 3.63) is 95.4 Å². The lowest BCUT2D eigenvalue weighted by Crippen LogP contribution is -2.46. The first-order chi connectivity index (χ1) is 25.8. The summed E-state index contributed by atoms with van der Waals surface area (Å²) < 4.78 is 3.68. The minimum atomic E-state index is -0.535. The zero-order valence-electron chi connectivity index (χ0n) is 31.6. The molecule has 0 N–H and O–H groups in total. The number of nitrogens with zero attached hydrogens (tertiary/aromatic N) is 9. The lowest BCUT2D eigenvalue weighted by molar-refractivity contribution is -0.581. The number of rotatable bonds is 22. The highest BCUT2D eigenvalue weighted by molar-refractivity contribution is 5.86. The number of azo groups is 1. The van der Waals surface area contributed by atoms with Crippen LogP contribution in [0, 0.1) is 10.1 Å². The van der Waals surface area contributed by atoms with E-state index in [2.05, 4.69) is 42.9 Å². The van der Waals surface area contributed by atoms with Crippen LogP contribution in [0.2, 0.25) is 0 Å². The molecule has 0 saturated carbocycles. The fraction of sp³-hybridized carbons (Fsp3) is 0.450. The average molecular weight is 725 g/mol. The van der Waals surface area contributed by atoms with Crippen molar-refractivity contribution in [2.45, 2.75) is 79.1 Å². The summed E-state index contributed by atoms with van der Waals surface area (Å²) in [4.78, 5) is 49.5. The highest BCUT2D eigenvalue weighted by Gasteiger charge is 2.27. The number of nitro groups is 1. The minimum Gasteiger partial charge on any atom is -0.341 e. The molecule has 0 unspecified atom stereocenters. The van der Waals surface area contributed by atoms with Crippen LogP contribution in [0.1, 0.15) is 79.1 Å². The lowest BCUT2D eigenvalue weighted by Gasteiger charge is -2.30. The van der Waals surface area contributed by atoms with E-state index in [0.29, 0.717) is 32.1 Å². The Morgan fingerprint density at radius 3 is 1.77 bits per heavy atom. The molecule has 4 aromatic rings. The molecule has 0 bridgehead atoms. The number of benzene rings is 2. The van der Waals surface area contributed by atoms with Crippen molar-refractivity contribution in [1.82, 2.24) is 19.4 Å². The Balaban J connectivity index is 1.74. The second-order valence-electron chi connectivity index (χ2n) is 13.0. The normalized spacial score (nSPS) is 11.2. The van der Waals surface area contributed by atoms with E-state index in [-0.39, 0.29) is 42.1 Å². The van der Waals surface area contributed by atoms with Gasteiger partial charge in [-0.1, -0.05) is 94.9 Å². The number of imidazole rings is 1. The van der Waals surface area contributed by atoms with E-state index < -0.39 is 4.92 Å². The minimum absolute atomic E-state index is 0.0585. The first kappa shape index (κ1) is 40.3. The molecule has 2 heterocycles. The second-order valence-corrected chi connectivity index (χ2v) is 13.0. The van der Waals surface area contributed by atoms with Gasteiger partial charge in [-0.25, -0.2) is 4.98 Å². The van der Waals surface area contributed by atoms with Crippen molar-refractivity contribution in [2.24, 2.45) is 10.2 Å². The molecule has 2 aromatic carbocycles. The highest BCUT2D eigenvalue weighted by atomic mass is 16.6. The third kappa shape index (κ3) is 11.5. The van der Waals surface area contributed by atoms with E-state index in [1.165, 1.54) is 12.3 Å². The van der Waals surface area contributed by atoms with Gasteiger partial charge >= 0.3 is 11.6 Å². The number of amides is 2. The number of carbonyl (C=O) groups is 2. The maximum absolute atomic E-state index is 13.8. The van der Waals surface area contributed by atoms with E-state index in [1.807, 2.05) is 92.0 Å². The van der Waals surface area contributed by atoms with Gasteiger partial charge < -0.3 is 14.7 Å². The number of hydrogen-bond acceptors (Lipinski definition) is 8. The number of aromatic nitrogens is 3. The summed E-state index contributed by atoms with van der Waals surface area (Å²) in [5, 5.41) is 21.5. The third-order valence-corrected chi connectivity index (χ3v) is 8.96. The number of pyridine rings is 1. The monoisotopic (exact) mass is 724 g/mol. The summed E-state index contributed by atoms with van der Waals surface area (Å²) >= 11 is 0. The SMILES string of the molecule is CCCCN(CCCC)C(=O)CN(CC(=O)N(CCCC)CCCC)c1cc([N+](=O)[O-])c(N=Nc2n(-c3ccccc3)cc[n+]2-c2ccccc2)cn1. The van der Waals surface area contributed by atoms with Crippen molar-refractivity contribution >= 4 is 35.0 Å². The van der Waals surface area contributed by atoms with Gasteiger partial charge in [0.2, 0.25) is 11.8 Å². The molecule has 13 nitrogen and oxygen atoms in total. The van der Waals surface area contributed by atoms with Crippen LogP contribution in [-0.4, -0.2) is 75.4 Å². The molecule has 0 aliphatic carbocycles. The van der Waals surface area contributed by atoms with Crippen LogP contribution < -0.4 is 9.47 Å². The third-order valence-electron chi connectivity index (χ3n) is 8.96. The average Bonchev–Trinajstić information content (AvgIpc) is 3.61. The van der Waals surface area contributed by atoms with E-state index in [0.717, 1.165) is 62.7 Å². The Morgan fingerprint density at radius 2 is 1.28 bits per heavy atom. The fourth-order valence-electron chi connectivity index (χ4n) is 5.84. The molecular weight excluding hydrogens is 670 g/mol. The van der Waals surface area contributed by atoms with Gasteiger partial charge in [0, 0.05) is 31.3 Å². The Hall–Kier alpha value is -5.46. The summed E-state index contributed by atoms with van der Waals surface area (Å²) in [5.41, 5.74) is 1.28. The number of unbranched alkanes of at least 4 members (excludes halogenated alkanes) is 4. The molecule has 13 heteroatoms. The number of anilines is 1. The van der Waals surface area contributed by atoms with Crippen molar-refractivity contribution in [2.75, 3.05) is 44.2 Å². The summed E-state index contributed by atoms with van der Waals surface area (Å²) in [6.45, 7) is 10.5. The van der Waals surface area contributed by atoms with Crippen molar-refractivity contribution < 1.29 is 19.1 Å². The standard InChI is InChI=1S/C40H54N9O4/c1-5-9-23-44(24-10-6-2)38(50)31-46(32-39(51)45(25-11-7-3)26-12-8-4)37-29-36(49(52)53)35(30-41-37)42-43-40-47(33-19-15-13-16-20-33)27-28-48(40)34-21-17-14-18-22-34/h13-22,27-30H,5-12,23-26,31-32H2,1-4H3/q+1. The van der Waals surface area contributed by atoms with Crippen LogP contribution in [-0.2, 0) is 9.59 Å². The lowest BCUT2D eigenvalue weighted by atomic mass is 10.2. The van der Waals surface area contributed by atoms with Crippen LogP contribution in [0.15, 0.2) is 95.5 Å². The molecule has 282 valence electrons. The molecule has 0 radical (unpaired) electrons. The molecule has 0 fully saturated rings. The predicted molar refractivity (Wildman–Crippen MR) is 207 cm³/mol. The topological polar surface area (TPSA) is 133 Å². The molecule has 0 aliphatic heterocycles. The van der Waals surface area contributed by atoms with Crippen LogP contribution in [0.4, 0.5) is 23.1 Å². The molecule has 0 spiro atoms. The second kappa shape index (κ2) is 21.2. The van der Waals surface area contributed by atoms with E-state index in [4.69, 9.17) is 0 Å². The van der Waals surface area contributed by atoms with E-state index >= 15 is 0 Å². The zero-order valence-corrected chi connectivity index (χ0v) is 31.6. The zero-order chi connectivity index (χ0) is 38.0. The van der Waals surface area contributed by atoms with Crippen LogP contribution in [0.3, 0.4) is 0 Å². The first-order valence-electron chi connectivity index (χ1n) is 18.9. The van der Waals surface area contributed by atoms with Gasteiger partial charge in [0.1, 0.15) is 29.6 Å². The number of hydrogen-bond donors (Lipinski definition) is 0. The summed E-state index contributed by atoms with van der Waals surface area (Å²) in [7, 11) is 0. The first-order valence-corrected chi connectivity index (χ1v) is 18.9. The van der Waals surface area contributed by atoms with Crippen molar-refractivity contribution in [3.8, 4) is 11.4 Å². The molecule has 53 heavy (non-hydrogen) atoms.